The number of amides is 1. The Morgan fingerprint density at radius 3 is 2.39 bits per heavy atom. The van der Waals surface area contributed by atoms with Gasteiger partial charge < -0.3 is 20.3 Å². The van der Waals surface area contributed by atoms with E-state index in [2.05, 4.69) is 15.6 Å². The van der Waals surface area contributed by atoms with Crippen LogP contribution in [0.5, 0.6) is 5.75 Å². The molecule has 0 radical (unpaired) electrons. The van der Waals surface area contributed by atoms with Gasteiger partial charge >= 0.3 is 6.18 Å². The molecular formula is C22H33F3N4O2. The van der Waals surface area contributed by atoms with Crippen LogP contribution in [0.4, 0.5) is 13.2 Å². The molecule has 0 unspecified atom stereocenters. The molecule has 1 saturated heterocycles. The highest BCUT2D eigenvalue weighted by Gasteiger charge is 2.34. The van der Waals surface area contributed by atoms with Crippen molar-refractivity contribution in [2.45, 2.75) is 58.4 Å². The van der Waals surface area contributed by atoms with Gasteiger partial charge in [0.2, 0.25) is 5.91 Å². The number of nitrogens with one attached hydrogen (secondary N) is 2. The highest BCUT2D eigenvalue weighted by molar-refractivity contribution is 5.80. The zero-order valence-electron chi connectivity index (χ0n) is 18.9. The molecule has 0 spiro atoms. The van der Waals surface area contributed by atoms with Crippen LogP contribution < -0.4 is 15.4 Å². The van der Waals surface area contributed by atoms with Crippen molar-refractivity contribution in [2.75, 3.05) is 27.2 Å². The van der Waals surface area contributed by atoms with Crippen LogP contribution in [0, 0.1) is 5.92 Å². The van der Waals surface area contributed by atoms with E-state index in [9.17, 15) is 18.0 Å². The Morgan fingerprint density at radius 2 is 1.87 bits per heavy atom. The van der Waals surface area contributed by atoms with Crippen molar-refractivity contribution >= 4 is 11.9 Å². The number of rotatable bonds is 5. The summed E-state index contributed by atoms with van der Waals surface area (Å²) in [5, 5.41) is 5.70. The minimum atomic E-state index is -4.49. The molecule has 1 amide bonds. The van der Waals surface area contributed by atoms with Crippen LogP contribution >= 0.6 is 0 Å². The van der Waals surface area contributed by atoms with Gasteiger partial charge in [0.1, 0.15) is 11.4 Å². The van der Waals surface area contributed by atoms with Gasteiger partial charge in [-0.3, -0.25) is 9.79 Å². The van der Waals surface area contributed by atoms with E-state index in [-0.39, 0.29) is 23.8 Å². The number of ether oxygens (including phenoxy) is 1. The van der Waals surface area contributed by atoms with Gasteiger partial charge in [-0.05, 0) is 57.2 Å². The molecule has 174 valence electrons. The number of hydrogen-bond acceptors (Lipinski definition) is 3. The number of guanidine groups is 1. The zero-order valence-corrected chi connectivity index (χ0v) is 18.9. The molecule has 0 bridgehead atoms. The van der Waals surface area contributed by atoms with Crippen LogP contribution in [-0.2, 0) is 17.5 Å². The van der Waals surface area contributed by atoms with E-state index in [0.717, 1.165) is 18.9 Å². The number of aliphatic imine (C=N–C) groups is 1. The van der Waals surface area contributed by atoms with E-state index in [0.29, 0.717) is 31.4 Å². The number of likely N-dealkylation sites (tertiary alicyclic amines) is 1. The van der Waals surface area contributed by atoms with Gasteiger partial charge in [0, 0.05) is 40.2 Å². The molecule has 31 heavy (non-hydrogen) atoms. The molecule has 1 fully saturated rings. The predicted octanol–water partition coefficient (Wildman–Crippen LogP) is 3.81. The fraction of sp³-hybridized carbons (Fsp3) is 0.636. The Bertz CT molecular complexity index is 780. The fourth-order valence-electron chi connectivity index (χ4n) is 3.61. The Morgan fingerprint density at radius 1 is 1.23 bits per heavy atom. The summed E-state index contributed by atoms with van der Waals surface area (Å²) < 4.78 is 46.5. The van der Waals surface area contributed by atoms with E-state index in [1.165, 1.54) is 6.07 Å². The molecule has 6 nitrogen and oxygen atoms in total. The Labute approximate surface area is 182 Å². The van der Waals surface area contributed by atoms with E-state index in [1.807, 2.05) is 4.90 Å². The smallest absolute Gasteiger partial charge is 0.416 e. The normalized spacial score (nSPS) is 16.3. The standard InChI is InChI=1S/C22H33F3N4O2/c1-21(2,3)31-17-7-6-16(18(13-17)22(23,24)25)14-28-20(27-5)29-10-8-15(9-11-29)12-19(30)26-4/h6-7,13,15H,8-12,14H2,1-5H3,(H,26,30)(H,27,28). The minimum absolute atomic E-state index is 0.00448. The molecule has 2 N–H and O–H groups in total. The van der Waals surface area contributed by atoms with Crippen LogP contribution in [-0.4, -0.2) is 49.6 Å². The second-order valence-corrected chi connectivity index (χ2v) is 8.74. The Hall–Kier alpha value is -2.45. The van der Waals surface area contributed by atoms with Crippen LogP contribution in [0.3, 0.4) is 0 Å². The molecule has 0 saturated carbocycles. The lowest BCUT2D eigenvalue weighted by molar-refractivity contribution is -0.138. The van der Waals surface area contributed by atoms with Crippen molar-refractivity contribution in [3.05, 3.63) is 29.3 Å². The summed E-state index contributed by atoms with van der Waals surface area (Å²) in [6.07, 6.45) is -2.33. The van der Waals surface area contributed by atoms with Gasteiger partial charge in [0.15, 0.2) is 5.96 Å². The van der Waals surface area contributed by atoms with Crippen molar-refractivity contribution in [1.82, 2.24) is 15.5 Å². The second-order valence-electron chi connectivity index (χ2n) is 8.74. The van der Waals surface area contributed by atoms with E-state index < -0.39 is 17.3 Å². The van der Waals surface area contributed by atoms with E-state index in [4.69, 9.17) is 4.74 Å². The number of carbonyl (C=O) groups excluding carboxylic acids is 1. The van der Waals surface area contributed by atoms with E-state index >= 15 is 0 Å². The molecule has 1 aliphatic rings. The predicted molar refractivity (Wildman–Crippen MR) is 115 cm³/mol. The number of benzene rings is 1. The first-order valence-corrected chi connectivity index (χ1v) is 10.5. The second kappa shape index (κ2) is 10.2. The van der Waals surface area contributed by atoms with Crippen LogP contribution in [0.15, 0.2) is 23.2 Å². The Balaban J connectivity index is 2.04. The first kappa shape index (κ1) is 24.8. The lowest BCUT2D eigenvalue weighted by Crippen LogP contribution is -2.45. The third-order valence-electron chi connectivity index (χ3n) is 5.13. The summed E-state index contributed by atoms with van der Waals surface area (Å²) in [5.74, 6) is 1.08. The van der Waals surface area contributed by atoms with Gasteiger partial charge in [-0.2, -0.15) is 13.2 Å². The molecule has 9 heteroatoms. The van der Waals surface area contributed by atoms with Gasteiger partial charge in [0.05, 0.1) is 5.56 Å². The summed E-state index contributed by atoms with van der Waals surface area (Å²) in [5.41, 5.74) is -1.18. The molecule has 0 aliphatic carbocycles. The summed E-state index contributed by atoms with van der Waals surface area (Å²) in [4.78, 5) is 17.8. The van der Waals surface area contributed by atoms with Gasteiger partial charge in [-0.1, -0.05) is 6.07 Å². The SMILES string of the molecule is CN=C(NCc1ccc(OC(C)(C)C)cc1C(F)(F)F)N1CCC(CC(=O)NC)CC1. The number of nitrogens with zero attached hydrogens (tertiary/aromatic N) is 2. The first-order valence-electron chi connectivity index (χ1n) is 10.5. The highest BCUT2D eigenvalue weighted by Crippen LogP contribution is 2.35. The number of hydrogen-bond donors (Lipinski definition) is 2. The van der Waals surface area contributed by atoms with Crippen molar-refractivity contribution in [2.24, 2.45) is 10.9 Å². The molecule has 0 atom stereocenters. The Kier molecular flexibility index (Phi) is 8.20. The van der Waals surface area contributed by atoms with Gasteiger partial charge in [-0.25, -0.2) is 0 Å². The van der Waals surface area contributed by atoms with Crippen LogP contribution in [0.2, 0.25) is 0 Å². The zero-order chi connectivity index (χ0) is 23.2. The lowest BCUT2D eigenvalue weighted by atomic mass is 9.93. The number of alkyl halides is 3. The number of halogens is 3. The average molecular weight is 443 g/mol. The van der Waals surface area contributed by atoms with Crippen LogP contribution in [0.1, 0.15) is 51.2 Å². The molecule has 1 aromatic carbocycles. The monoisotopic (exact) mass is 442 g/mol. The minimum Gasteiger partial charge on any atom is -0.488 e. The van der Waals surface area contributed by atoms with Crippen molar-refractivity contribution in [3.63, 3.8) is 0 Å². The molecular weight excluding hydrogens is 409 g/mol. The van der Waals surface area contributed by atoms with Crippen molar-refractivity contribution in [3.8, 4) is 5.75 Å². The van der Waals surface area contributed by atoms with E-state index in [1.54, 1.807) is 40.9 Å². The van der Waals surface area contributed by atoms with Crippen molar-refractivity contribution in [1.29, 1.82) is 0 Å². The summed E-state index contributed by atoms with van der Waals surface area (Å²) in [6.45, 7) is 6.76. The maximum Gasteiger partial charge on any atom is 0.416 e. The third-order valence-corrected chi connectivity index (χ3v) is 5.13. The lowest BCUT2D eigenvalue weighted by Gasteiger charge is -2.34. The summed E-state index contributed by atoms with van der Waals surface area (Å²) in [6, 6.07) is 4.06. The molecule has 1 aromatic rings. The van der Waals surface area contributed by atoms with Crippen molar-refractivity contribution < 1.29 is 22.7 Å². The molecule has 1 heterocycles. The third kappa shape index (κ3) is 7.63. The molecule has 0 aromatic heterocycles. The average Bonchev–Trinajstić information content (AvgIpc) is 2.68. The van der Waals surface area contributed by atoms with Crippen LogP contribution in [0.25, 0.3) is 0 Å². The topological polar surface area (TPSA) is 66.0 Å². The first-order chi connectivity index (χ1) is 14.4. The molecule has 1 aliphatic heterocycles. The maximum atomic E-state index is 13.6. The molecule has 2 rings (SSSR count). The highest BCUT2D eigenvalue weighted by atomic mass is 19.4. The maximum absolute atomic E-state index is 13.6. The fourth-order valence-corrected chi connectivity index (χ4v) is 3.61. The largest absolute Gasteiger partial charge is 0.488 e. The number of piperidine rings is 1. The summed E-state index contributed by atoms with van der Waals surface area (Å²) in [7, 11) is 3.24. The number of carbonyl (C=O) groups is 1. The quantitative estimate of drug-likeness (QED) is 0.538. The van der Waals surface area contributed by atoms with Gasteiger partial charge in [0.25, 0.3) is 0 Å². The summed E-state index contributed by atoms with van der Waals surface area (Å²) >= 11 is 0. The van der Waals surface area contributed by atoms with Gasteiger partial charge in [-0.15, -0.1) is 0 Å².